The molecule has 0 aliphatic rings. The molecule has 1 aromatic carbocycles. The van der Waals surface area contributed by atoms with E-state index in [2.05, 4.69) is 0 Å². The molecular weight excluding hydrogens is 395 g/mol. The molecule has 152 valence electrons. The lowest BCUT2D eigenvalue weighted by atomic mass is 10.1. The summed E-state index contributed by atoms with van der Waals surface area (Å²) in [6, 6.07) is 6.29. The van der Waals surface area contributed by atoms with Gasteiger partial charge in [0.1, 0.15) is 17.9 Å². The van der Waals surface area contributed by atoms with E-state index in [9.17, 15) is 22.8 Å². The number of alkyl halides is 3. The van der Waals surface area contributed by atoms with Crippen LogP contribution in [0.15, 0.2) is 29.2 Å². The number of benzene rings is 1. The zero-order valence-corrected chi connectivity index (χ0v) is 16.7. The second-order valence-electron chi connectivity index (χ2n) is 6.05. The van der Waals surface area contributed by atoms with Crippen LogP contribution >= 0.6 is 11.8 Å². The summed E-state index contributed by atoms with van der Waals surface area (Å²) in [5.41, 5.74) is 0.742. The van der Waals surface area contributed by atoms with Crippen molar-refractivity contribution in [2.24, 2.45) is 0 Å². The van der Waals surface area contributed by atoms with Gasteiger partial charge in [0, 0.05) is 21.8 Å². The van der Waals surface area contributed by atoms with Crippen molar-refractivity contribution in [2.45, 2.75) is 31.5 Å². The molecule has 0 radical (unpaired) electrons. The third-order valence-corrected chi connectivity index (χ3v) is 4.90. The molecule has 1 aromatic heterocycles. The van der Waals surface area contributed by atoms with Crippen molar-refractivity contribution in [2.75, 3.05) is 20.0 Å². The van der Waals surface area contributed by atoms with E-state index < -0.39 is 31.1 Å². The molecule has 0 saturated carbocycles. The number of hydrogen-bond donors (Lipinski definition) is 0. The molecule has 0 aliphatic carbocycles. The zero-order chi connectivity index (χ0) is 21.1. The summed E-state index contributed by atoms with van der Waals surface area (Å²) in [5.74, 6) is -1.01. The van der Waals surface area contributed by atoms with Crippen molar-refractivity contribution in [3.8, 4) is 5.75 Å². The molecule has 0 fully saturated rings. The van der Waals surface area contributed by atoms with E-state index in [4.69, 9.17) is 9.47 Å². The first kappa shape index (κ1) is 21.9. The van der Waals surface area contributed by atoms with Crippen LogP contribution in [0.5, 0.6) is 5.75 Å². The number of esters is 1. The average Bonchev–Trinajstić information content (AvgIpc) is 2.92. The lowest BCUT2D eigenvalue weighted by molar-refractivity contribution is -0.141. The zero-order valence-electron chi connectivity index (χ0n) is 15.8. The summed E-state index contributed by atoms with van der Waals surface area (Å²) in [6.07, 6.45) is -2.53. The lowest BCUT2D eigenvalue weighted by Crippen LogP contribution is -2.20. The monoisotopic (exact) mass is 415 g/mol. The summed E-state index contributed by atoms with van der Waals surface area (Å²) in [6.45, 7) is 1.15. The number of halogens is 3. The fourth-order valence-corrected chi connectivity index (χ4v) is 3.19. The second kappa shape index (κ2) is 8.72. The minimum atomic E-state index is -4.40. The highest BCUT2D eigenvalue weighted by atomic mass is 32.2. The van der Waals surface area contributed by atoms with Gasteiger partial charge in [-0.15, -0.1) is 11.8 Å². The Bertz CT molecular complexity index is 890. The summed E-state index contributed by atoms with van der Waals surface area (Å²) in [5, 5.41) is 0. The maximum Gasteiger partial charge on any atom is 0.406 e. The van der Waals surface area contributed by atoms with Crippen LogP contribution in [-0.4, -0.2) is 42.5 Å². The maximum atomic E-state index is 12.7. The van der Waals surface area contributed by atoms with E-state index in [0.717, 1.165) is 9.46 Å². The minimum absolute atomic E-state index is 0.0965. The quantitative estimate of drug-likeness (QED) is 0.380. The van der Waals surface area contributed by atoms with Gasteiger partial charge in [-0.1, -0.05) is 0 Å². The van der Waals surface area contributed by atoms with Crippen molar-refractivity contribution >= 4 is 23.5 Å². The summed E-state index contributed by atoms with van der Waals surface area (Å²) < 4.78 is 49.3. The molecule has 2 rings (SSSR count). The summed E-state index contributed by atoms with van der Waals surface area (Å²) >= 11 is 1.47. The topological polar surface area (TPSA) is 57.5 Å². The molecule has 9 heteroatoms. The van der Waals surface area contributed by atoms with E-state index in [1.807, 2.05) is 6.26 Å². The van der Waals surface area contributed by atoms with Gasteiger partial charge < -0.3 is 14.0 Å². The molecule has 0 aliphatic heterocycles. The Kier molecular flexibility index (Phi) is 6.82. The lowest BCUT2D eigenvalue weighted by Gasteiger charge is -2.12. The van der Waals surface area contributed by atoms with E-state index in [1.165, 1.54) is 44.9 Å². The third kappa shape index (κ3) is 5.09. The molecule has 0 atom stereocenters. The number of methoxy groups -OCH3 is 1. The Morgan fingerprint density at radius 1 is 1.14 bits per heavy atom. The van der Waals surface area contributed by atoms with Crippen LogP contribution < -0.4 is 4.74 Å². The van der Waals surface area contributed by atoms with Crippen molar-refractivity contribution in [1.29, 1.82) is 0 Å². The van der Waals surface area contributed by atoms with Gasteiger partial charge in [0.05, 0.1) is 7.11 Å². The molecule has 0 spiro atoms. The van der Waals surface area contributed by atoms with Crippen LogP contribution in [0.2, 0.25) is 0 Å². The van der Waals surface area contributed by atoms with Crippen LogP contribution in [0.1, 0.15) is 32.1 Å². The van der Waals surface area contributed by atoms with Gasteiger partial charge in [-0.2, -0.15) is 13.2 Å². The number of ketones is 1. The Morgan fingerprint density at radius 3 is 2.39 bits per heavy atom. The minimum Gasteiger partial charge on any atom is -0.496 e. The molecule has 0 unspecified atom stereocenters. The van der Waals surface area contributed by atoms with Crippen LogP contribution in [0.3, 0.4) is 0 Å². The van der Waals surface area contributed by atoms with Gasteiger partial charge in [0.2, 0.25) is 5.78 Å². The molecule has 0 saturated heterocycles. The number of carbonyl (C=O) groups excluding carboxylic acids is 2. The van der Waals surface area contributed by atoms with Gasteiger partial charge in [-0.25, -0.2) is 4.79 Å². The molecule has 28 heavy (non-hydrogen) atoms. The highest BCUT2D eigenvalue weighted by molar-refractivity contribution is 7.98. The first-order valence-electron chi connectivity index (χ1n) is 8.23. The molecule has 0 amide bonds. The molecule has 0 bridgehead atoms. The Balaban J connectivity index is 2.12. The number of carbonyl (C=O) groups is 2. The molecule has 1 heterocycles. The van der Waals surface area contributed by atoms with Crippen molar-refractivity contribution in [3.05, 3.63) is 46.8 Å². The second-order valence-corrected chi connectivity index (χ2v) is 6.93. The van der Waals surface area contributed by atoms with Crippen LogP contribution in [-0.2, 0) is 11.3 Å². The summed E-state index contributed by atoms with van der Waals surface area (Å²) in [7, 11) is 1.41. The number of hydrogen-bond acceptors (Lipinski definition) is 5. The van der Waals surface area contributed by atoms with E-state index >= 15 is 0 Å². The first-order chi connectivity index (χ1) is 13.1. The first-order valence-corrected chi connectivity index (χ1v) is 9.45. The van der Waals surface area contributed by atoms with Crippen molar-refractivity contribution in [3.63, 3.8) is 0 Å². The SMILES string of the molecule is COc1cc(SC)ccc1C(=O)OCC(=O)c1cc(C)n(CC(F)(F)F)c1C. The van der Waals surface area contributed by atoms with E-state index in [1.54, 1.807) is 12.1 Å². The van der Waals surface area contributed by atoms with Gasteiger partial charge in [0.25, 0.3) is 0 Å². The third-order valence-electron chi connectivity index (χ3n) is 4.17. The van der Waals surface area contributed by atoms with Gasteiger partial charge >= 0.3 is 12.1 Å². The Morgan fingerprint density at radius 2 is 1.82 bits per heavy atom. The predicted molar refractivity (Wildman–Crippen MR) is 99.3 cm³/mol. The van der Waals surface area contributed by atoms with E-state index in [0.29, 0.717) is 11.4 Å². The number of aryl methyl sites for hydroxylation is 1. The standard InChI is InChI=1S/C19H20F3NO4S/c1-11-7-15(12(2)23(11)10-19(20,21)22)16(24)9-27-18(25)14-6-5-13(28-4)8-17(14)26-3/h5-8H,9-10H2,1-4H3. The van der Waals surface area contributed by atoms with Gasteiger partial charge in [-0.05, 0) is 44.4 Å². The maximum absolute atomic E-state index is 12.7. The van der Waals surface area contributed by atoms with Crippen LogP contribution in [0, 0.1) is 13.8 Å². The molecule has 0 N–H and O–H groups in total. The fourth-order valence-electron chi connectivity index (χ4n) is 2.76. The van der Waals surface area contributed by atoms with Gasteiger partial charge in [0.15, 0.2) is 6.61 Å². The number of nitrogens with zero attached hydrogens (tertiary/aromatic N) is 1. The van der Waals surface area contributed by atoms with Crippen molar-refractivity contribution in [1.82, 2.24) is 4.57 Å². The Hall–Kier alpha value is -2.42. The molecule has 2 aromatic rings. The van der Waals surface area contributed by atoms with Crippen molar-refractivity contribution < 1.29 is 32.2 Å². The molecule has 5 nitrogen and oxygen atoms in total. The van der Waals surface area contributed by atoms with E-state index in [-0.39, 0.29) is 16.8 Å². The fraction of sp³-hybridized carbons (Fsp3) is 0.368. The van der Waals surface area contributed by atoms with Crippen LogP contribution in [0.25, 0.3) is 0 Å². The number of ether oxygens (including phenoxy) is 2. The average molecular weight is 415 g/mol. The number of rotatable bonds is 7. The normalized spacial score (nSPS) is 11.4. The summed E-state index contributed by atoms with van der Waals surface area (Å²) in [4.78, 5) is 25.6. The number of thioether (sulfide) groups is 1. The number of aromatic nitrogens is 1. The van der Waals surface area contributed by atoms with Crippen LogP contribution in [0.4, 0.5) is 13.2 Å². The number of Topliss-reactive ketones (excluding diaryl/α,β-unsaturated/α-hetero) is 1. The Labute approximate surface area is 164 Å². The highest BCUT2D eigenvalue weighted by Gasteiger charge is 2.30. The molecular formula is C19H20F3NO4S. The highest BCUT2D eigenvalue weighted by Crippen LogP contribution is 2.26. The van der Waals surface area contributed by atoms with Gasteiger partial charge in [-0.3, -0.25) is 4.79 Å². The predicted octanol–water partition coefficient (Wildman–Crippen LogP) is 4.44. The smallest absolute Gasteiger partial charge is 0.406 e. The largest absolute Gasteiger partial charge is 0.496 e.